The third-order valence-corrected chi connectivity index (χ3v) is 6.69. The molecule has 3 rings (SSSR count). The zero-order valence-corrected chi connectivity index (χ0v) is 15.1. The Kier molecular flexibility index (Phi) is 4.94. The number of aryl methyl sites for hydroxylation is 2. The Morgan fingerprint density at radius 3 is 2.54 bits per heavy atom. The Bertz CT molecular complexity index is 723. The molecule has 1 aromatic carbocycles. The molecule has 0 bridgehead atoms. The highest BCUT2D eigenvalue weighted by Crippen LogP contribution is 2.33. The van der Waals surface area contributed by atoms with E-state index in [0.717, 1.165) is 37.1 Å². The van der Waals surface area contributed by atoms with Crippen LogP contribution < -0.4 is 5.32 Å². The van der Waals surface area contributed by atoms with Crippen molar-refractivity contribution in [3.63, 3.8) is 0 Å². The zero-order valence-electron chi connectivity index (χ0n) is 14.3. The van der Waals surface area contributed by atoms with Crippen LogP contribution in [0.15, 0.2) is 23.1 Å². The van der Waals surface area contributed by atoms with Crippen molar-refractivity contribution in [3.05, 3.63) is 29.3 Å². The molecule has 1 aliphatic heterocycles. The Labute approximate surface area is 143 Å². The van der Waals surface area contributed by atoms with Crippen molar-refractivity contribution in [1.29, 1.82) is 0 Å². The van der Waals surface area contributed by atoms with E-state index in [4.69, 9.17) is 0 Å². The topological polar surface area (TPSA) is 69.7 Å². The van der Waals surface area contributed by atoms with E-state index in [-0.39, 0.29) is 18.5 Å². The van der Waals surface area contributed by atoms with Crippen molar-refractivity contribution < 1.29 is 13.2 Å². The molecule has 7 heteroatoms. The number of hydrogen-bond donors (Lipinski definition) is 1. The standard InChI is InChI=1S/C17H25N3O3S/c1-13-3-4-14(2)16(11-13)24(22,23)20(15-5-6-15)12-17(21)19-9-7-18-8-10-19/h3-4,11,15,18H,5-10,12H2,1-2H3. The summed E-state index contributed by atoms with van der Waals surface area (Å²) in [7, 11) is -3.65. The number of hydrogen-bond acceptors (Lipinski definition) is 4. The van der Waals surface area contributed by atoms with Gasteiger partial charge >= 0.3 is 0 Å². The highest BCUT2D eigenvalue weighted by molar-refractivity contribution is 7.89. The fourth-order valence-electron chi connectivity index (χ4n) is 3.03. The van der Waals surface area contributed by atoms with Gasteiger partial charge in [0, 0.05) is 32.2 Å². The van der Waals surface area contributed by atoms with Crippen LogP contribution in [0, 0.1) is 13.8 Å². The van der Waals surface area contributed by atoms with Crippen LogP contribution in [0.2, 0.25) is 0 Å². The first kappa shape index (κ1) is 17.4. The van der Waals surface area contributed by atoms with Gasteiger partial charge in [-0.3, -0.25) is 4.79 Å². The van der Waals surface area contributed by atoms with Gasteiger partial charge in [0.05, 0.1) is 11.4 Å². The van der Waals surface area contributed by atoms with Gasteiger partial charge in [-0.1, -0.05) is 12.1 Å². The van der Waals surface area contributed by atoms with E-state index in [0.29, 0.717) is 18.0 Å². The zero-order chi connectivity index (χ0) is 17.3. The van der Waals surface area contributed by atoms with Crippen LogP contribution >= 0.6 is 0 Å². The Morgan fingerprint density at radius 2 is 1.92 bits per heavy atom. The SMILES string of the molecule is Cc1ccc(C)c(S(=O)(=O)N(CC(=O)N2CCNCC2)C2CC2)c1. The first-order valence-corrected chi connectivity index (χ1v) is 9.91. The number of rotatable bonds is 5. The van der Waals surface area contributed by atoms with Crippen LogP contribution in [0.25, 0.3) is 0 Å². The van der Waals surface area contributed by atoms with Gasteiger partial charge in [-0.15, -0.1) is 0 Å². The molecule has 0 atom stereocenters. The maximum Gasteiger partial charge on any atom is 0.244 e. The molecule has 0 radical (unpaired) electrons. The van der Waals surface area contributed by atoms with Crippen LogP contribution in [-0.2, 0) is 14.8 Å². The Hall–Kier alpha value is -1.44. The molecule has 1 aliphatic carbocycles. The Morgan fingerprint density at radius 1 is 1.25 bits per heavy atom. The van der Waals surface area contributed by atoms with E-state index >= 15 is 0 Å². The summed E-state index contributed by atoms with van der Waals surface area (Å²) in [4.78, 5) is 14.6. The predicted molar refractivity (Wildman–Crippen MR) is 92.3 cm³/mol. The average molecular weight is 351 g/mol. The summed E-state index contributed by atoms with van der Waals surface area (Å²) in [6.45, 7) is 6.43. The van der Waals surface area contributed by atoms with Crippen LogP contribution in [0.4, 0.5) is 0 Å². The molecule has 0 aromatic heterocycles. The first-order chi connectivity index (χ1) is 11.4. The lowest BCUT2D eigenvalue weighted by Gasteiger charge is -2.30. The number of amides is 1. The molecule has 1 aromatic rings. The molecule has 24 heavy (non-hydrogen) atoms. The largest absolute Gasteiger partial charge is 0.339 e. The van der Waals surface area contributed by atoms with E-state index < -0.39 is 10.0 Å². The van der Waals surface area contributed by atoms with Gasteiger partial charge in [0.15, 0.2) is 0 Å². The first-order valence-electron chi connectivity index (χ1n) is 8.47. The molecular formula is C17H25N3O3S. The van der Waals surface area contributed by atoms with Gasteiger partial charge in [0.1, 0.15) is 0 Å². The third-order valence-electron chi connectivity index (χ3n) is 4.65. The van der Waals surface area contributed by atoms with Crippen molar-refractivity contribution in [2.75, 3.05) is 32.7 Å². The number of carbonyl (C=O) groups is 1. The molecule has 132 valence electrons. The molecule has 1 N–H and O–H groups in total. The number of sulfonamides is 1. The fraction of sp³-hybridized carbons (Fsp3) is 0.588. The van der Waals surface area contributed by atoms with Gasteiger partial charge in [0.25, 0.3) is 0 Å². The van der Waals surface area contributed by atoms with Crippen molar-refractivity contribution in [2.24, 2.45) is 0 Å². The second kappa shape index (κ2) is 6.82. The number of nitrogens with one attached hydrogen (secondary N) is 1. The van der Waals surface area contributed by atoms with E-state index in [1.807, 2.05) is 19.1 Å². The maximum absolute atomic E-state index is 13.1. The molecule has 2 aliphatic rings. The smallest absolute Gasteiger partial charge is 0.244 e. The van der Waals surface area contributed by atoms with Gasteiger partial charge in [-0.05, 0) is 43.9 Å². The van der Waals surface area contributed by atoms with Gasteiger partial charge in [0.2, 0.25) is 15.9 Å². The van der Waals surface area contributed by atoms with E-state index in [9.17, 15) is 13.2 Å². The fourth-order valence-corrected chi connectivity index (χ4v) is 4.98. The molecule has 0 unspecified atom stereocenters. The number of nitrogens with zero attached hydrogens (tertiary/aromatic N) is 2. The summed E-state index contributed by atoms with van der Waals surface area (Å²) in [6, 6.07) is 5.39. The van der Waals surface area contributed by atoms with E-state index in [1.165, 1.54) is 4.31 Å². The minimum atomic E-state index is -3.65. The molecule has 1 saturated carbocycles. The summed E-state index contributed by atoms with van der Waals surface area (Å²) < 4.78 is 27.7. The van der Waals surface area contributed by atoms with Gasteiger partial charge < -0.3 is 10.2 Å². The lowest BCUT2D eigenvalue weighted by atomic mass is 10.2. The van der Waals surface area contributed by atoms with Crippen molar-refractivity contribution in [3.8, 4) is 0 Å². The maximum atomic E-state index is 13.1. The molecule has 2 fully saturated rings. The number of piperazine rings is 1. The summed E-state index contributed by atoms with van der Waals surface area (Å²) in [5.74, 6) is -0.0997. The third kappa shape index (κ3) is 3.63. The number of benzene rings is 1. The summed E-state index contributed by atoms with van der Waals surface area (Å²) in [5.41, 5.74) is 1.63. The van der Waals surface area contributed by atoms with Gasteiger partial charge in [-0.25, -0.2) is 8.42 Å². The van der Waals surface area contributed by atoms with Gasteiger partial charge in [-0.2, -0.15) is 4.31 Å². The molecule has 6 nitrogen and oxygen atoms in total. The second-order valence-corrected chi connectivity index (χ2v) is 8.54. The van der Waals surface area contributed by atoms with Crippen LogP contribution in [0.1, 0.15) is 24.0 Å². The highest BCUT2D eigenvalue weighted by atomic mass is 32.2. The average Bonchev–Trinajstić information content (AvgIpc) is 3.40. The minimum absolute atomic E-state index is 0.0400. The van der Waals surface area contributed by atoms with Crippen molar-refractivity contribution in [1.82, 2.24) is 14.5 Å². The highest BCUT2D eigenvalue weighted by Gasteiger charge is 2.40. The van der Waals surface area contributed by atoms with Crippen molar-refractivity contribution in [2.45, 2.75) is 37.6 Å². The van der Waals surface area contributed by atoms with E-state index in [2.05, 4.69) is 5.32 Å². The molecule has 0 spiro atoms. The molecule has 1 saturated heterocycles. The molecule has 1 heterocycles. The number of carbonyl (C=O) groups excluding carboxylic acids is 1. The summed E-state index contributed by atoms with van der Waals surface area (Å²) >= 11 is 0. The van der Waals surface area contributed by atoms with Crippen LogP contribution in [0.5, 0.6) is 0 Å². The van der Waals surface area contributed by atoms with Crippen molar-refractivity contribution >= 4 is 15.9 Å². The predicted octanol–water partition coefficient (Wildman–Crippen LogP) is 0.888. The Balaban J connectivity index is 1.84. The summed E-state index contributed by atoms with van der Waals surface area (Å²) in [5, 5.41) is 3.20. The lowest BCUT2D eigenvalue weighted by Crippen LogP contribution is -2.50. The van der Waals surface area contributed by atoms with Crippen LogP contribution in [0.3, 0.4) is 0 Å². The minimum Gasteiger partial charge on any atom is -0.339 e. The van der Waals surface area contributed by atoms with Crippen LogP contribution in [-0.4, -0.2) is 62.3 Å². The summed E-state index contributed by atoms with van der Waals surface area (Å²) in [6.07, 6.45) is 1.66. The quantitative estimate of drug-likeness (QED) is 0.855. The lowest BCUT2D eigenvalue weighted by molar-refractivity contribution is -0.132. The normalized spacial score (nSPS) is 18.9. The monoisotopic (exact) mass is 351 g/mol. The molecule has 1 amide bonds. The second-order valence-electron chi connectivity index (χ2n) is 6.68. The molecular weight excluding hydrogens is 326 g/mol. The van der Waals surface area contributed by atoms with E-state index in [1.54, 1.807) is 17.9 Å².